The highest BCUT2D eigenvalue weighted by molar-refractivity contribution is 6.23. The number of rotatable bonds is 2. The number of nitrogens with zero attached hydrogens (tertiary/aromatic N) is 2. The summed E-state index contributed by atoms with van der Waals surface area (Å²) >= 11 is 0. The Morgan fingerprint density at radius 3 is 2.61 bits per heavy atom. The zero-order chi connectivity index (χ0) is 13.4. The molecule has 0 aromatic heterocycles. The number of carbonyl (C=O) groups is 2. The third-order valence-corrected chi connectivity index (χ3v) is 2.85. The van der Waals surface area contributed by atoms with Crippen LogP contribution in [0, 0.1) is 10.1 Å². The zero-order valence-corrected chi connectivity index (χ0v) is 9.75. The molecule has 1 unspecified atom stereocenters. The van der Waals surface area contributed by atoms with Gasteiger partial charge in [-0.3, -0.25) is 19.7 Å². The Labute approximate surface area is 102 Å². The van der Waals surface area contributed by atoms with Gasteiger partial charge in [-0.2, -0.15) is 0 Å². The number of amides is 1. The van der Waals surface area contributed by atoms with Crippen LogP contribution in [0.5, 0.6) is 5.75 Å². The molecule has 0 saturated carbocycles. The Hall–Kier alpha value is -2.44. The number of ether oxygens (including phenoxy) is 1. The second-order valence-electron chi connectivity index (χ2n) is 3.83. The topological polar surface area (TPSA) is 89.7 Å². The molecule has 0 fully saturated rings. The van der Waals surface area contributed by atoms with Gasteiger partial charge in [-0.25, -0.2) is 0 Å². The molecule has 1 amide bonds. The van der Waals surface area contributed by atoms with Crippen molar-refractivity contribution >= 4 is 17.4 Å². The number of carbonyl (C=O) groups excluding carboxylic acids is 2. The molecule has 0 radical (unpaired) electrons. The van der Waals surface area contributed by atoms with Crippen LogP contribution < -0.4 is 9.64 Å². The standard InChI is InChI=1S/C11H10N2O5/c1-12-8-4-3-6(18-2)5-7(8)10(14)9(11(12)15)13(16)17/h3-5,9H,1-2H3. The lowest BCUT2D eigenvalue weighted by Gasteiger charge is -2.26. The van der Waals surface area contributed by atoms with Crippen molar-refractivity contribution in [3.63, 3.8) is 0 Å². The molecule has 0 spiro atoms. The lowest BCUT2D eigenvalue weighted by Crippen LogP contribution is -2.50. The normalized spacial score (nSPS) is 18.6. The number of fused-ring (bicyclic) bond motifs is 1. The van der Waals surface area contributed by atoms with Crippen molar-refractivity contribution in [2.45, 2.75) is 6.04 Å². The molecule has 18 heavy (non-hydrogen) atoms. The molecule has 1 aromatic carbocycles. The summed E-state index contributed by atoms with van der Waals surface area (Å²) in [5.41, 5.74) is 0.474. The summed E-state index contributed by atoms with van der Waals surface area (Å²) in [6, 6.07) is 2.65. The fourth-order valence-corrected chi connectivity index (χ4v) is 1.88. The van der Waals surface area contributed by atoms with Crippen molar-refractivity contribution < 1.29 is 19.2 Å². The predicted molar refractivity (Wildman–Crippen MR) is 61.5 cm³/mol. The molecule has 1 aliphatic rings. The largest absolute Gasteiger partial charge is 0.497 e. The molecule has 7 nitrogen and oxygen atoms in total. The van der Waals surface area contributed by atoms with Gasteiger partial charge in [0.05, 0.1) is 18.4 Å². The van der Waals surface area contributed by atoms with Crippen LogP contribution in [0.1, 0.15) is 10.4 Å². The number of ketones is 1. The maximum atomic E-state index is 11.9. The van der Waals surface area contributed by atoms with Crippen molar-refractivity contribution in [2.75, 3.05) is 19.1 Å². The van der Waals surface area contributed by atoms with E-state index in [-0.39, 0.29) is 5.56 Å². The fraction of sp³-hybridized carbons (Fsp3) is 0.273. The number of hydrogen-bond acceptors (Lipinski definition) is 5. The number of likely N-dealkylation sites (N-methyl/N-ethyl adjacent to an activating group) is 1. The summed E-state index contributed by atoms with van der Waals surface area (Å²) in [6.07, 6.45) is 0. The minimum absolute atomic E-state index is 0.123. The fourth-order valence-electron chi connectivity index (χ4n) is 1.88. The summed E-state index contributed by atoms with van der Waals surface area (Å²) in [7, 11) is 2.82. The smallest absolute Gasteiger partial charge is 0.351 e. The third kappa shape index (κ3) is 1.60. The second kappa shape index (κ2) is 4.10. The highest BCUT2D eigenvalue weighted by Gasteiger charge is 2.46. The molecular weight excluding hydrogens is 240 g/mol. The molecule has 2 rings (SSSR count). The molecule has 0 saturated heterocycles. The Bertz CT molecular complexity index is 554. The van der Waals surface area contributed by atoms with Crippen molar-refractivity contribution in [1.29, 1.82) is 0 Å². The SMILES string of the molecule is COc1ccc2c(c1)C(=O)C([N+](=O)[O-])C(=O)N2C. The molecule has 1 heterocycles. The Morgan fingerprint density at radius 2 is 2.06 bits per heavy atom. The van der Waals surface area contributed by atoms with E-state index in [9.17, 15) is 19.7 Å². The molecular formula is C11H10N2O5. The second-order valence-corrected chi connectivity index (χ2v) is 3.83. The van der Waals surface area contributed by atoms with E-state index in [0.717, 1.165) is 4.90 Å². The van der Waals surface area contributed by atoms with Gasteiger partial charge in [0.15, 0.2) is 0 Å². The van der Waals surface area contributed by atoms with E-state index < -0.39 is 22.7 Å². The molecule has 1 aliphatic heterocycles. The van der Waals surface area contributed by atoms with E-state index in [2.05, 4.69) is 0 Å². The number of nitro groups is 1. The van der Waals surface area contributed by atoms with E-state index in [0.29, 0.717) is 11.4 Å². The summed E-state index contributed by atoms with van der Waals surface area (Å²) in [5, 5.41) is 10.8. The van der Waals surface area contributed by atoms with Crippen molar-refractivity contribution in [3.8, 4) is 5.75 Å². The van der Waals surface area contributed by atoms with E-state index in [4.69, 9.17) is 4.74 Å². The van der Waals surface area contributed by atoms with Crippen LogP contribution in [-0.2, 0) is 4.79 Å². The van der Waals surface area contributed by atoms with Gasteiger partial charge in [0.25, 0.3) is 0 Å². The maximum absolute atomic E-state index is 11.9. The molecule has 0 aliphatic carbocycles. The Kier molecular flexibility index (Phi) is 2.74. The molecule has 0 N–H and O–H groups in total. The van der Waals surface area contributed by atoms with Gasteiger partial charge in [-0.05, 0) is 18.2 Å². The Balaban J connectivity index is 2.60. The van der Waals surface area contributed by atoms with Crippen LogP contribution in [-0.4, -0.2) is 36.8 Å². The number of anilines is 1. The monoisotopic (exact) mass is 250 g/mol. The average molecular weight is 250 g/mol. The van der Waals surface area contributed by atoms with E-state index >= 15 is 0 Å². The van der Waals surface area contributed by atoms with Crippen LogP contribution in [0.25, 0.3) is 0 Å². The quantitative estimate of drug-likeness (QED) is 0.433. The van der Waals surface area contributed by atoms with E-state index in [1.165, 1.54) is 26.3 Å². The summed E-state index contributed by atoms with van der Waals surface area (Å²) < 4.78 is 4.96. The molecule has 94 valence electrons. The first-order chi connectivity index (χ1) is 8.47. The first kappa shape index (κ1) is 12.0. The van der Waals surface area contributed by atoms with Gasteiger partial charge < -0.3 is 9.64 Å². The number of benzene rings is 1. The summed E-state index contributed by atoms with van der Waals surface area (Å²) in [5.74, 6) is -1.23. The van der Waals surface area contributed by atoms with Gasteiger partial charge in [-0.15, -0.1) is 0 Å². The van der Waals surface area contributed by atoms with Crippen molar-refractivity contribution in [3.05, 3.63) is 33.9 Å². The lowest BCUT2D eigenvalue weighted by atomic mass is 9.96. The van der Waals surface area contributed by atoms with E-state index in [1.54, 1.807) is 6.07 Å². The summed E-state index contributed by atoms with van der Waals surface area (Å²) in [4.78, 5) is 34.7. The first-order valence-corrected chi connectivity index (χ1v) is 5.10. The predicted octanol–water partition coefficient (Wildman–Crippen LogP) is 0.500. The van der Waals surface area contributed by atoms with Crippen LogP contribution in [0.2, 0.25) is 0 Å². The highest BCUT2D eigenvalue weighted by atomic mass is 16.6. The van der Waals surface area contributed by atoms with Crippen molar-refractivity contribution in [2.24, 2.45) is 0 Å². The number of methoxy groups -OCH3 is 1. The average Bonchev–Trinajstić information content (AvgIpc) is 2.35. The lowest BCUT2D eigenvalue weighted by molar-refractivity contribution is -0.491. The van der Waals surface area contributed by atoms with Crippen LogP contribution in [0.15, 0.2) is 18.2 Å². The van der Waals surface area contributed by atoms with Crippen LogP contribution in [0.3, 0.4) is 0 Å². The van der Waals surface area contributed by atoms with Crippen LogP contribution in [0.4, 0.5) is 5.69 Å². The minimum Gasteiger partial charge on any atom is -0.497 e. The summed E-state index contributed by atoms with van der Waals surface area (Å²) in [6.45, 7) is 0. The molecule has 1 aromatic rings. The first-order valence-electron chi connectivity index (χ1n) is 5.10. The van der Waals surface area contributed by atoms with Crippen molar-refractivity contribution in [1.82, 2.24) is 0 Å². The number of hydrogen-bond donors (Lipinski definition) is 0. The number of Topliss-reactive ketones (excluding diaryl/α,β-unsaturated/α-hetero) is 1. The molecule has 7 heteroatoms. The van der Waals surface area contributed by atoms with Gasteiger partial charge in [0, 0.05) is 12.0 Å². The Morgan fingerprint density at radius 1 is 1.39 bits per heavy atom. The van der Waals surface area contributed by atoms with E-state index in [1.807, 2.05) is 0 Å². The molecule has 1 atom stereocenters. The highest BCUT2D eigenvalue weighted by Crippen LogP contribution is 2.30. The third-order valence-electron chi connectivity index (χ3n) is 2.85. The minimum atomic E-state index is -1.87. The van der Waals surface area contributed by atoms with Gasteiger partial charge in [0.2, 0.25) is 5.78 Å². The maximum Gasteiger partial charge on any atom is 0.351 e. The zero-order valence-electron chi connectivity index (χ0n) is 9.75. The van der Waals surface area contributed by atoms with Gasteiger partial charge in [-0.1, -0.05) is 0 Å². The van der Waals surface area contributed by atoms with Crippen LogP contribution >= 0.6 is 0 Å². The van der Waals surface area contributed by atoms with Gasteiger partial charge in [0.1, 0.15) is 5.75 Å². The van der Waals surface area contributed by atoms with Gasteiger partial charge >= 0.3 is 11.9 Å². The molecule has 0 bridgehead atoms.